The quantitative estimate of drug-likeness (QED) is 0.559. The predicted molar refractivity (Wildman–Crippen MR) is 129 cm³/mol. The van der Waals surface area contributed by atoms with Crippen LogP contribution in [0.2, 0.25) is 10.0 Å². The van der Waals surface area contributed by atoms with Gasteiger partial charge in [-0.1, -0.05) is 29.3 Å². The normalized spacial score (nSPS) is 27.8. The Kier molecular flexibility index (Phi) is 6.00. The van der Waals surface area contributed by atoms with Crippen LogP contribution >= 0.6 is 23.2 Å². The van der Waals surface area contributed by atoms with Gasteiger partial charge < -0.3 is 4.90 Å². The molecule has 0 bridgehead atoms. The van der Waals surface area contributed by atoms with E-state index in [9.17, 15) is 12.8 Å². The molecule has 1 aliphatic carbocycles. The van der Waals surface area contributed by atoms with Crippen LogP contribution in [0.3, 0.4) is 0 Å². The zero-order valence-electron chi connectivity index (χ0n) is 18.4. The molecule has 1 spiro atoms. The second kappa shape index (κ2) is 8.56. The van der Waals surface area contributed by atoms with E-state index in [1.165, 1.54) is 50.4 Å². The largest absolute Gasteiger partial charge is 0.370 e. The van der Waals surface area contributed by atoms with Gasteiger partial charge in [0.15, 0.2) is 0 Å². The van der Waals surface area contributed by atoms with Crippen LogP contribution in [0.1, 0.15) is 39.0 Å². The third kappa shape index (κ3) is 4.20. The molecule has 178 valence electrons. The Morgan fingerprint density at radius 3 is 2.64 bits per heavy atom. The molecule has 2 saturated heterocycles. The number of benzene rings is 1. The number of likely N-dealkylation sites (tertiary alicyclic amines) is 1. The number of aromatic nitrogens is 1. The average Bonchev–Trinajstić information content (AvgIpc) is 3.37. The molecule has 6 nitrogen and oxygen atoms in total. The molecule has 3 atom stereocenters. The number of nitrogens with zero attached hydrogens (tertiary/aromatic N) is 3. The van der Waals surface area contributed by atoms with Crippen molar-refractivity contribution in [2.24, 2.45) is 5.41 Å². The maximum absolute atomic E-state index is 13.4. The Balaban J connectivity index is 1.36. The van der Waals surface area contributed by atoms with Gasteiger partial charge in [0.1, 0.15) is 10.7 Å². The maximum atomic E-state index is 13.4. The van der Waals surface area contributed by atoms with E-state index in [1.54, 1.807) is 6.07 Å². The van der Waals surface area contributed by atoms with E-state index < -0.39 is 16.0 Å². The van der Waals surface area contributed by atoms with Crippen molar-refractivity contribution < 1.29 is 12.8 Å². The van der Waals surface area contributed by atoms with Crippen LogP contribution in [0.25, 0.3) is 0 Å². The minimum absolute atomic E-state index is 0.0672. The molecule has 5 rings (SSSR count). The Morgan fingerprint density at radius 1 is 1.15 bits per heavy atom. The van der Waals surface area contributed by atoms with Crippen molar-refractivity contribution in [1.82, 2.24) is 9.88 Å². The summed E-state index contributed by atoms with van der Waals surface area (Å²) in [5.41, 5.74) is 1.02. The third-order valence-corrected chi connectivity index (χ3v) is 9.72. The van der Waals surface area contributed by atoms with E-state index in [1.807, 2.05) is 0 Å². The first-order chi connectivity index (χ1) is 15.7. The van der Waals surface area contributed by atoms with Gasteiger partial charge in [0.25, 0.3) is 10.0 Å². The molecule has 2 aliphatic heterocycles. The molecular weight excluding hydrogens is 486 g/mol. The summed E-state index contributed by atoms with van der Waals surface area (Å²) >= 11 is 13.0. The highest BCUT2D eigenvalue weighted by molar-refractivity contribution is 7.92. The van der Waals surface area contributed by atoms with Crippen molar-refractivity contribution in [3.63, 3.8) is 0 Å². The van der Waals surface area contributed by atoms with Crippen molar-refractivity contribution in [3.05, 3.63) is 46.3 Å². The molecule has 3 aliphatic rings. The second-order valence-corrected chi connectivity index (χ2v) is 12.0. The molecule has 10 heteroatoms. The van der Waals surface area contributed by atoms with Gasteiger partial charge in [-0.15, -0.1) is 0 Å². The van der Waals surface area contributed by atoms with Gasteiger partial charge >= 0.3 is 0 Å². The lowest BCUT2D eigenvalue weighted by Crippen LogP contribution is -2.57. The standard InChI is InChI=1S/C23H27Cl2FN4O2S/c1-15-4-3-10-30(15)20-7-8-23(20)9-11-29(14-23)18-12-17(25)19(13-16(18)24)33(31,32)28-22-6-2-5-21(26)27-22/h2,5-6,12-13,15,20H,3-4,7-11,14H2,1H3,(H,27,28)/t15-,20+,23+/m1/s1. The van der Waals surface area contributed by atoms with E-state index in [-0.39, 0.29) is 21.2 Å². The van der Waals surface area contributed by atoms with E-state index in [0.29, 0.717) is 17.1 Å². The molecule has 3 fully saturated rings. The van der Waals surface area contributed by atoms with Crippen LogP contribution in [0, 0.1) is 11.4 Å². The van der Waals surface area contributed by atoms with E-state index in [0.717, 1.165) is 31.3 Å². The van der Waals surface area contributed by atoms with Crippen LogP contribution in [0.4, 0.5) is 15.9 Å². The van der Waals surface area contributed by atoms with Gasteiger partial charge in [-0.3, -0.25) is 9.62 Å². The zero-order valence-corrected chi connectivity index (χ0v) is 20.7. The number of hydrogen-bond donors (Lipinski definition) is 1. The molecule has 0 radical (unpaired) electrons. The SMILES string of the molecule is C[C@@H]1CCCN1[C@H]1CC[C@@]12CCN(c1cc(Cl)c(S(=O)(=O)Nc3cccc(F)n3)cc1Cl)C2. The van der Waals surface area contributed by atoms with Gasteiger partial charge in [0.2, 0.25) is 5.95 Å². The fraction of sp³-hybridized carbons (Fsp3) is 0.522. The van der Waals surface area contributed by atoms with Crippen molar-refractivity contribution in [3.8, 4) is 0 Å². The molecule has 1 aromatic carbocycles. The van der Waals surface area contributed by atoms with Crippen LogP contribution in [-0.4, -0.2) is 50.0 Å². The van der Waals surface area contributed by atoms with Gasteiger partial charge in [-0.05, 0) is 69.8 Å². The topological polar surface area (TPSA) is 65.5 Å². The van der Waals surface area contributed by atoms with Gasteiger partial charge in [0.05, 0.1) is 15.7 Å². The highest BCUT2D eigenvalue weighted by atomic mass is 35.5. The molecule has 0 amide bonds. The summed E-state index contributed by atoms with van der Waals surface area (Å²) in [6, 6.07) is 8.12. The number of pyridine rings is 1. The van der Waals surface area contributed by atoms with E-state index in [4.69, 9.17) is 23.2 Å². The first-order valence-electron chi connectivity index (χ1n) is 11.3. The number of halogens is 3. The maximum Gasteiger partial charge on any atom is 0.264 e. The number of anilines is 2. The fourth-order valence-electron chi connectivity index (χ4n) is 5.82. The predicted octanol–water partition coefficient (Wildman–Crippen LogP) is 5.17. The summed E-state index contributed by atoms with van der Waals surface area (Å²) < 4.78 is 41.3. The molecule has 2 aromatic rings. The second-order valence-electron chi connectivity index (χ2n) is 9.50. The monoisotopic (exact) mass is 512 g/mol. The number of rotatable bonds is 5. The molecule has 1 saturated carbocycles. The Labute approximate surface area is 204 Å². The summed E-state index contributed by atoms with van der Waals surface area (Å²) in [6.45, 7) is 5.27. The highest BCUT2D eigenvalue weighted by Crippen LogP contribution is 2.53. The summed E-state index contributed by atoms with van der Waals surface area (Å²) in [4.78, 5) is 8.31. The lowest BCUT2D eigenvalue weighted by molar-refractivity contribution is -0.0152. The van der Waals surface area contributed by atoms with E-state index >= 15 is 0 Å². The van der Waals surface area contributed by atoms with Crippen LogP contribution in [0.5, 0.6) is 0 Å². The van der Waals surface area contributed by atoms with Crippen molar-refractivity contribution in [1.29, 1.82) is 0 Å². The number of sulfonamides is 1. The summed E-state index contributed by atoms with van der Waals surface area (Å²) in [7, 11) is -4.09. The third-order valence-electron chi connectivity index (χ3n) is 7.60. The van der Waals surface area contributed by atoms with E-state index in [2.05, 4.69) is 26.4 Å². The summed E-state index contributed by atoms with van der Waals surface area (Å²) in [5, 5.41) is 0.395. The Bertz CT molecular complexity index is 1180. The van der Waals surface area contributed by atoms with Crippen LogP contribution in [0.15, 0.2) is 35.2 Å². The lowest BCUT2D eigenvalue weighted by atomic mass is 9.63. The number of hydrogen-bond acceptors (Lipinski definition) is 5. The lowest BCUT2D eigenvalue weighted by Gasteiger charge is -2.53. The minimum Gasteiger partial charge on any atom is -0.370 e. The number of nitrogens with one attached hydrogen (secondary N) is 1. The van der Waals surface area contributed by atoms with Gasteiger partial charge in [-0.2, -0.15) is 4.39 Å². The molecule has 33 heavy (non-hydrogen) atoms. The molecule has 3 heterocycles. The fourth-order valence-corrected chi connectivity index (χ4v) is 7.72. The van der Waals surface area contributed by atoms with Crippen LogP contribution in [-0.2, 0) is 10.0 Å². The minimum atomic E-state index is -4.09. The Hall–Kier alpha value is -1.61. The molecule has 0 unspecified atom stereocenters. The molecule has 1 aromatic heterocycles. The zero-order chi connectivity index (χ0) is 23.4. The first-order valence-corrected chi connectivity index (χ1v) is 13.6. The van der Waals surface area contributed by atoms with Crippen LogP contribution < -0.4 is 9.62 Å². The van der Waals surface area contributed by atoms with Gasteiger partial charge in [0, 0.05) is 30.6 Å². The van der Waals surface area contributed by atoms with Crippen molar-refractivity contribution in [2.75, 3.05) is 29.3 Å². The van der Waals surface area contributed by atoms with Gasteiger partial charge in [-0.25, -0.2) is 13.4 Å². The van der Waals surface area contributed by atoms with Crippen molar-refractivity contribution >= 4 is 44.7 Å². The molecule has 1 N–H and O–H groups in total. The smallest absolute Gasteiger partial charge is 0.264 e. The highest BCUT2D eigenvalue weighted by Gasteiger charge is 2.54. The average molecular weight is 513 g/mol. The van der Waals surface area contributed by atoms with Crippen molar-refractivity contribution in [2.45, 2.75) is 56.0 Å². The first kappa shape index (κ1) is 23.1. The molecular formula is C23H27Cl2FN4O2S. The summed E-state index contributed by atoms with van der Waals surface area (Å²) in [6.07, 6.45) is 6.09. The summed E-state index contributed by atoms with van der Waals surface area (Å²) in [5.74, 6) is -0.907. The Morgan fingerprint density at radius 2 is 1.97 bits per heavy atom.